The second-order valence-electron chi connectivity index (χ2n) is 5.49. The van der Waals surface area contributed by atoms with Crippen molar-refractivity contribution < 1.29 is 24.2 Å². The summed E-state index contributed by atoms with van der Waals surface area (Å²) in [6, 6.07) is -0.577. The van der Waals surface area contributed by atoms with Crippen LogP contribution in [0.2, 0.25) is 0 Å². The van der Waals surface area contributed by atoms with Crippen molar-refractivity contribution in [2.24, 2.45) is 5.92 Å². The van der Waals surface area contributed by atoms with Crippen LogP contribution in [0.5, 0.6) is 0 Å². The number of carboxylic acids is 1. The number of aliphatic carboxylic acids is 1. The van der Waals surface area contributed by atoms with Crippen LogP contribution < -0.4 is 5.32 Å². The SMILES string of the molecule is CC(C)(C)OC(=O)N[C@H]1[C@@H](C(=O)O)[C@@H]2C=C[C@H]1O2. The fraction of sp³-hybridized carbons (Fsp3) is 0.667. The number of amides is 1. The first-order chi connectivity index (χ1) is 8.28. The molecule has 6 heteroatoms. The molecule has 2 aliphatic heterocycles. The first kappa shape index (κ1) is 12.9. The van der Waals surface area contributed by atoms with Crippen molar-refractivity contribution >= 4 is 12.1 Å². The molecule has 1 fully saturated rings. The van der Waals surface area contributed by atoms with Crippen LogP contribution in [0.15, 0.2) is 12.2 Å². The standard InChI is InChI=1S/C12H17NO5/c1-12(2,3)18-11(16)13-9-7-5-4-6(17-7)8(9)10(14)15/h4-9H,1-3H3,(H,13,16)(H,14,15)/t6-,7+,8-,9+/m0/s1. The Morgan fingerprint density at radius 3 is 2.44 bits per heavy atom. The van der Waals surface area contributed by atoms with Crippen LogP contribution in [-0.2, 0) is 14.3 Å². The van der Waals surface area contributed by atoms with E-state index in [2.05, 4.69) is 5.32 Å². The van der Waals surface area contributed by atoms with E-state index in [9.17, 15) is 9.59 Å². The zero-order chi connectivity index (χ0) is 13.5. The molecule has 2 bridgehead atoms. The van der Waals surface area contributed by atoms with Gasteiger partial charge in [-0.25, -0.2) is 4.79 Å². The van der Waals surface area contributed by atoms with Crippen molar-refractivity contribution in [3.05, 3.63) is 12.2 Å². The molecule has 0 unspecified atom stereocenters. The van der Waals surface area contributed by atoms with Crippen LogP contribution >= 0.6 is 0 Å². The molecule has 0 aliphatic carbocycles. The normalized spacial score (nSPS) is 33.5. The third-order valence-electron chi connectivity index (χ3n) is 2.87. The van der Waals surface area contributed by atoms with Crippen LogP contribution in [0, 0.1) is 5.92 Å². The zero-order valence-electron chi connectivity index (χ0n) is 10.5. The zero-order valence-corrected chi connectivity index (χ0v) is 10.5. The number of nitrogens with one attached hydrogen (secondary N) is 1. The summed E-state index contributed by atoms with van der Waals surface area (Å²) in [4.78, 5) is 22.8. The number of ether oxygens (including phenoxy) is 2. The summed E-state index contributed by atoms with van der Waals surface area (Å²) in [5.74, 6) is -1.74. The summed E-state index contributed by atoms with van der Waals surface area (Å²) in [5.41, 5.74) is -0.614. The average molecular weight is 255 g/mol. The first-order valence-electron chi connectivity index (χ1n) is 5.84. The van der Waals surface area contributed by atoms with E-state index in [4.69, 9.17) is 14.6 Å². The van der Waals surface area contributed by atoms with Gasteiger partial charge in [0.15, 0.2) is 0 Å². The van der Waals surface area contributed by atoms with E-state index in [-0.39, 0.29) is 6.10 Å². The molecule has 2 heterocycles. The van der Waals surface area contributed by atoms with E-state index in [1.54, 1.807) is 32.9 Å². The number of hydrogen-bond donors (Lipinski definition) is 2. The molecule has 100 valence electrons. The molecule has 2 rings (SSSR count). The molecular formula is C12H17NO5. The van der Waals surface area contributed by atoms with Gasteiger partial charge < -0.3 is 19.9 Å². The van der Waals surface area contributed by atoms with Gasteiger partial charge in [0.2, 0.25) is 0 Å². The Bertz CT molecular complexity index is 398. The van der Waals surface area contributed by atoms with Gasteiger partial charge in [-0.15, -0.1) is 0 Å². The van der Waals surface area contributed by atoms with Gasteiger partial charge >= 0.3 is 12.1 Å². The molecule has 0 saturated carbocycles. The maximum absolute atomic E-state index is 11.7. The second-order valence-corrected chi connectivity index (χ2v) is 5.49. The maximum atomic E-state index is 11.7. The van der Waals surface area contributed by atoms with Gasteiger partial charge in [0.05, 0.1) is 18.2 Å². The second kappa shape index (κ2) is 4.28. The Kier molecular flexibility index (Phi) is 3.06. The minimum absolute atomic E-state index is 0.386. The predicted molar refractivity (Wildman–Crippen MR) is 62.1 cm³/mol. The Labute approximate surface area is 105 Å². The lowest BCUT2D eigenvalue weighted by Gasteiger charge is -2.25. The summed E-state index contributed by atoms with van der Waals surface area (Å²) >= 11 is 0. The number of alkyl carbamates (subject to hydrolysis) is 1. The molecule has 0 radical (unpaired) electrons. The summed E-state index contributed by atoms with van der Waals surface area (Å²) in [6.45, 7) is 5.25. The van der Waals surface area contributed by atoms with Crippen molar-refractivity contribution in [3.63, 3.8) is 0 Å². The maximum Gasteiger partial charge on any atom is 0.407 e. The van der Waals surface area contributed by atoms with Gasteiger partial charge in [0, 0.05) is 0 Å². The van der Waals surface area contributed by atoms with Crippen molar-refractivity contribution in [2.45, 2.75) is 44.6 Å². The topological polar surface area (TPSA) is 84.9 Å². The third-order valence-corrected chi connectivity index (χ3v) is 2.87. The van der Waals surface area contributed by atoms with Crippen LogP contribution in [0.4, 0.5) is 4.79 Å². The van der Waals surface area contributed by atoms with Gasteiger partial charge in [0.25, 0.3) is 0 Å². The largest absolute Gasteiger partial charge is 0.481 e. The monoisotopic (exact) mass is 255 g/mol. The number of fused-ring (bicyclic) bond motifs is 2. The first-order valence-corrected chi connectivity index (χ1v) is 5.84. The Morgan fingerprint density at radius 2 is 1.89 bits per heavy atom. The molecule has 2 aliphatic rings. The van der Waals surface area contributed by atoms with E-state index < -0.39 is 35.7 Å². The summed E-state index contributed by atoms with van der Waals surface area (Å²) in [5, 5.41) is 11.7. The van der Waals surface area contributed by atoms with Crippen LogP contribution in [-0.4, -0.2) is 41.0 Å². The molecule has 18 heavy (non-hydrogen) atoms. The predicted octanol–water partition coefficient (Wildman–Crippen LogP) is 0.918. The van der Waals surface area contributed by atoms with E-state index in [0.717, 1.165) is 0 Å². The molecule has 0 spiro atoms. The lowest BCUT2D eigenvalue weighted by molar-refractivity contribution is -0.143. The number of carbonyl (C=O) groups excluding carboxylic acids is 1. The van der Waals surface area contributed by atoms with Crippen molar-refractivity contribution in [1.82, 2.24) is 5.32 Å². The fourth-order valence-corrected chi connectivity index (χ4v) is 2.22. The van der Waals surface area contributed by atoms with Gasteiger partial charge in [-0.1, -0.05) is 12.2 Å². The summed E-state index contributed by atoms with van der Waals surface area (Å²) in [6.07, 6.45) is 2.02. The smallest absolute Gasteiger partial charge is 0.407 e. The molecule has 0 aromatic rings. The highest BCUT2D eigenvalue weighted by Gasteiger charge is 2.50. The molecule has 0 aromatic carbocycles. The highest BCUT2D eigenvalue weighted by Crippen LogP contribution is 2.34. The summed E-state index contributed by atoms with van der Waals surface area (Å²) < 4.78 is 10.5. The minimum atomic E-state index is -0.979. The lowest BCUT2D eigenvalue weighted by atomic mass is 9.89. The van der Waals surface area contributed by atoms with Crippen molar-refractivity contribution in [1.29, 1.82) is 0 Å². The molecule has 4 atom stereocenters. The van der Waals surface area contributed by atoms with E-state index in [1.807, 2.05) is 0 Å². The van der Waals surface area contributed by atoms with Gasteiger partial charge in [-0.05, 0) is 20.8 Å². The van der Waals surface area contributed by atoms with E-state index in [1.165, 1.54) is 0 Å². The van der Waals surface area contributed by atoms with E-state index >= 15 is 0 Å². The summed E-state index contributed by atoms with van der Waals surface area (Å²) in [7, 11) is 0. The number of hydrogen-bond acceptors (Lipinski definition) is 4. The number of rotatable bonds is 2. The highest BCUT2D eigenvalue weighted by molar-refractivity contribution is 5.76. The number of carbonyl (C=O) groups is 2. The van der Waals surface area contributed by atoms with Crippen molar-refractivity contribution in [3.8, 4) is 0 Å². The quantitative estimate of drug-likeness (QED) is 0.717. The highest BCUT2D eigenvalue weighted by atomic mass is 16.6. The van der Waals surface area contributed by atoms with Gasteiger partial charge in [0.1, 0.15) is 11.5 Å². The molecular weight excluding hydrogens is 238 g/mol. The average Bonchev–Trinajstić information content (AvgIpc) is 2.73. The third kappa shape index (κ3) is 2.48. The van der Waals surface area contributed by atoms with Gasteiger partial charge in [-0.3, -0.25) is 4.79 Å². The van der Waals surface area contributed by atoms with E-state index in [0.29, 0.717) is 0 Å². The number of carboxylic acid groups (broad SMARTS) is 1. The Balaban J connectivity index is 2.02. The van der Waals surface area contributed by atoms with Crippen LogP contribution in [0.25, 0.3) is 0 Å². The Morgan fingerprint density at radius 1 is 1.28 bits per heavy atom. The fourth-order valence-electron chi connectivity index (χ4n) is 2.22. The molecule has 6 nitrogen and oxygen atoms in total. The molecule has 1 saturated heterocycles. The van der Waals surface area contributed by atoms with Crippen LogP contribution in [0.3, 0.4) is 0 Å². The van der Waals surface area contributed by atoms with Gasteiger partial charge in [-0.2, -0.15) is 0 Å². The van der Waals surface area contributed by atoms with Crippen LogP contribution in [0.1, 0.15) is 20.8 Å². The molecule has 1 amide bonds. The molecule has 2 N–H and O–H groups in total. The lowest BCUT2D eigenvalue weighted by Crippen LogP contribution is -2.49. The molecule has 0 aromatic heterocycles. The minimum Gasteiger partial charge on any atom is -0.481 e. The van der Waals surface area contributed by atoms with Crippen molar-refractivity contribution in [2.75, 3.05) is 0 Å². The Hall–Kier alpha value is -1.56.